The molecule has 1 unspecified atom stereocenters. The van der Waals surface area contributed by atoms with Crippen LogP contribution >= 0.6 is 0 Å². The normalized spacial score (nSPS) is 19.4. The van der Waals surface area contributed by atoms with Crippen molar-refractivity contribution >= 4 is 5.69 Å². The molecule has 1 aromatic rings. The monoisotopic (exact) mass is 234 g/mol. The molecule has 0 saturated carbocycles. The Morgan fingerprint density at radius 2 is 1.94 bits per heavy atom. The first kappa shape index (κ1) is 12.4. The van der Waals surface area contributed by atoms with E-state index in [4.69, 9.17) is 10.5 Å². The van der Waals surface area contributed by atoms with Crippen molar-refractivity contribution in [1.29, 1.82) is 0 Å². The van der Waals surface area contributed by atoms with Crippen molar-refractivity contribution in [2.75, 3.05) is 31.6 Å². The Kier molecular flexibility index (Phi) is 3.69. The second-order valence-electron chi connectivity index (χ2n) is 4.85. The standard InChI is InChI=1S/C14H22N2O/c1-14(11-15,17-2)12-7-3-4-8-13(12)16-9-5-6-10-16/h3-4,7-8H,5-6,9-11,15H2,1-2H3. The van der Waals surface area contributed by atoms with E-state index in [2.05, 4.69) is 36.1 Å². The summed E-state index contributed by atoms with van der Waals surface area (Å²) in [6.45, 7) is 4.83. The highest BCUT2D eigenvalue weighted by molar-refractivity contribution is 5.56. The maximum Gasteiger partial charge on any atom is 0.104 e. The fourth-order valence-electron chi connectivity index (χ4n) is 2.46. The van der Waals surface area contributed by atoms with Crippen LogP contribution in [0.5, 0.6) is 0 Å². The molecule has 0 amide bonds. The zero-order valence-corrected chi connectivity index (χ0v) is 10.8. The Morgan fingerprint density at radius 3 is 2.53 bits per heavy atom. The van der Waals surface area contributed by atoms with Gasteiger partial charge in [0.25, 0.3) is 0 Å². The van der Waals surface area contributed by atoms with E-state index in [1.54, 1.807) is 7.11 Å². The molecule has 0 aromatic heterocycles. The third kappa shape index (κ3) is 2.31. The summed E-state index contributed by atoms with van der Waals surface area (Å²) >= 11 is 0. The van der Waals surface area contributed by atoms with Crippen LogP contribution < -0.4 is 10.6 Å². The molecule has 3 nitrogen and oxygen atoms in total. The highest BCUT2D eigenvalue weighted by atomic mass is 16.5. The van der Waals surface area contributed by atoms with Crippen LogP contribution in [-0.4, -0.2) is 26.7 Å². The molecule has 0 spiro atoms. The number of hydrogen-bond donors (Lipinski definition) is 1. The van der Waals surface area contributed by atoms with Crippen molar-refractivity contribution in [3.05, 3.63) is 29.8 Å². The van der Waals surface area contributed by atoms with Crippen molar-refractivity contribution in [3.8, 4) is 0 Å². The van der Waals surface area contributed by atoms with E-state index in [0.717, 1.165) is 13.1 Å². The first-order valence-corrected chi connectivity index (χ1v) is 6.31. The van der Waals surface area contributed by atoms with E-state index >= 15 is 0 Å². The summed E-state index contributed by atoms with van der Waals surface area (Å²) in [4.78, 5) is 2.43. The second kappa shape index (κ2) is 5.07. The maximum absolute atomic E-state index is 5.87. The lowest BCUT2D eigenvalue weighted by Crippen LogP contribution is -2.35. The number of rotatable bonds is 4. The van der Waals surface area contributed by atoms with Crippen molar-refractivity contribution in [1.82, 2.24) is 0 Å². The largest absolute Gasteiger partial charge is 0.372 e. The molecule has 2 rings (SSSR count). The number of nitrogens with two attached hydrogens (primary N) is 1. The number of ether oxygens (including phenoxy) is 1. The molecule has 1 aliphatic rings. The van der Waals surface area contributed by atoms with Crippen molar-refractivity contribution < 1.29 is 4.74 Å². The summed E-state index contributed by atoms with van der Waals surface area (Å²) in [5.41, 5.74) is 7.96. The number of anilines is 1. The van der Waals surface area contributed by atoms with Crippen molar-refractivity contribution in [2.24, 2.45) is 5.73 Å². The van der Waals surface area contributed by atoms with Crippen LogP contribution in [0.2, 0.25) is 0 Å². The highest BCUT2D eigenvalue weighted by Gasteiger charge is 2.29. The van der Waals surface area contributed by atoms with Gasteiger partial charge in [0.05, 0.1) is 0 Å². The molecule has 1 fully saturated rings. The van der Waals surface area contributed by atoms with Crippen LogP contribution in [0.25, 0.3) is 0 Å². The van der Waals surface area contributed by atoms with Gasteiger partial charge in [-0.15, -0.1) is 0 Å². The molecule has 1 aromatic carbocycles. The van der Waals surface area contributed by atoms with Crippen LogP contribution in [0.15, 0.2) is 24.3 Å². The average Bonchev–Trinajstić information content (AvgIpc) is 2.92. The predicted molar refractivity (Wildman–Crippen MR) is 71.3 cm³/mol. The van der Waals surface area contributed by atoms with Crippen molar-refractivity contribution in [2.45, 2.75) is 25.4 Å². The lowest BCUT2D eigenvalue weighted by atomic mass is 9.93. The van der Waals surface area contributed by atoms with Crippen LogP contribution in [0.3, 0.4) is 0 Å². The summed E-state index contributed by atoms with van der Waals surface area (Å²) in [5.74, 6) is 0. The Labute approximate surface area is 104 Å². The zero-order chi connectivity index (χ0) is 12.3. The molecular weight excluding hydrogens is 212 g/mol. The molecule has 1 heterocycles. The van der Waals surface area contributed by atoms with E-state index in [-0.39, 0.29) is 5.60 Å². The first-order chi connectivity index (χ1) is 8.21. The summed E-state index contributed by atoms with van der Waals surface area (Å²) in [6.07, 6.45) is 2.56. The van der Waals surface area contributed by atoms with Gasteiger partial charge in [-0.2, -0.15) is 0 Å². The molecule has 0 aliphatic carbocycles. The molecule has 2 N–H and O–H groups in total. The summed E-state index contributed by atoms with van der Waals surface area (Å²) in [5, 5.41) is 0. The smallest absolute Gasteiger partial charge is 0.104 e. The van der Waals surface area contributed by atoms with Gasteiger partial charge >= 0.3 is 0 Å². The predicted octanol–water partition coefficient (Wildman–Crippen LogP) is 2.11. The van der Waals surface area contributed by atoms with Gasteiger partial charge in [-0.25, -0.2) is 0 Å². The van der Waals surface area contributed by atoms with Gasteiger partial charge in [0.1, 0.15) is 5.60 Å². The van der Waals surface area contributed by atoms with E-state index in [9.17, 15) is 0 Å². The van der Waals surface area contributed by atoms with Crippen LogP contribution in [0.4, 0.5) is 5.69 Å². The molecule has 1 aliphatic heterocycles. The van der Waals surface area contributed by atoms with Gasteiger partial charge in [-0.1, -0.05) is 18.2 Å². The van der Waals surface area contributed by atoms with E-state index in [1.807, 2.05) is 0 Å². The fourth-order valence-corrected chi connectivity index (χ4v) is 2.46. The summed E-state index contributed by atoms with van der Waals surface area (Å²) in [7, 11) is 1.73. The van der Waals surface area contributed by atoms with Crippen LogP contribution in [0.1, 0.15) is 25.3 Å². The summed E-state index contributed by atoms with van der Waals surface area (Å²) < 4.78 is 5.62. The minimum absolute atomic E-state index is 0.390. The topological polar surface area (TPSA) is 38.5 Å². The lowest BCUT2D eigenvalue weighted by Gasteiger charge is -2.32. The van der Waals surface area contributed by atoms with Gasteiger partial charge in [0.15, 0.2) is 0 Å². The van der Waals surface area contributed by atoms with Crippen LogP contribution in [0, 0.1) is 0 Å². The SMILES string of the molecule is COC(C)(CN)c1ccccc1N1CCCC1. The Morgan fingerprint density at radius 1 is 1.29 bits per heavy atom. The van der Waals surface area contributed by atoms with E-state index in [1.165, 1.54) is 24.1 Å². The van der Waals surface area contributed by atoms with Gasteiger partial charge in [0, 0.05) is 38.0 Å². The molecule has 1 saturated heterocycles. The lowest BCUT2D eigenvalue weighted by molar-refractivity contribution is 0.0105. The van der Waals surface area contributed by atoms with Gasteiger partial charge < -0.3 is 15.4 Å². The number of nitrogens with zero attached hydrogens (tertiary/aromatic N) is 1. The number of methoxy groups -OCH3 is 1. The Balaban J connectivity index is 2.39. The molecule has 17 heavy (non-hydrogen) atoms. The molecule has 0 bridgehead atoms. The molecule has 3 heteroatoms. The van der Waals surface area contributed by atoms with Gasteiger partial charge in [0.2, 0.25) is 0 Å². The zero-order valence-electron chi connectivity index (χ0n) is 10.8. The molecule has 1 atom stereocenters. The highest BCUT2D eigenvalue weighted by Crippen LogP contribution is 2.33. The fraction of sp³-hybridized carbons (Fsp3) is 0.571. The minimum Gasteiger partial charge on any atom is -0.372 e. The second-order valence-corrected chi connectivity index (χ2v) is 4.85. The van der Waals surface area contributed by atoms with E-state index < -0.39 is 0 Å². The number of hydrogen-bond acceptors (Lipinski definition) is 3. The molecular formula is C14H22N2O. The number of benzene rings is 1. The van der Waals surface area contributed by atoms with E-state index in [0.29, 0.717) is 6.54 Å². The quantitative estimate of drug-likeness (QED) is 0.867. The minimum atomic E-state index is -0.390. The Bertz CT molecular complexity index is 368. The summed E-state index contributed by atoms with van der Waals surface area (Å²) in [6, 6.07) is 8.45. The maximum atomic E-state index is 5.87. The molecule has 94 valence electrons. The first-order valence-electron chi connectivity index (χ1n) is 6.31. The molecule has 0 radical (unpaired) electrons. The van der Waals surface area contributed by atoms with Crippen LogP contribution in [-0.2, 0) is 10.3 Å². The van der Waals surface area contributed by atoms with Gasteiger partial charge in [-0.05, 0) is 25.8 Å². The number of para-hydroxylation sites is 1. The average molecular weight is 234 g/mol. The van der Waals surface area contributed by atoms with Gasteiger partial charge in [-0.3, -0.25) is 0 Å². The Hall–Kier alpha value is -1.06. The van der Waals surface area contributed by atoms with Crippen molar-refractivity contribution in [3.63, 3.8) is 0 Å². The third-order valence-corrected chi connectivity index (χ3v) is 3.76. The third-order valence-electron chi connectivity index (χ3n) is 3.76.